The summed E-state index contributed by atoms with van der Waals surface area (Å²) in [4.78, 5) is 14.3. The molecule has 0 fully saturated rings. The fourth-order valence-electron chi connectivity index (χ4n) is 3.46. The van der Waals surface area contributed by atoms with Crippen molar-refractivity contribution in [3.8, 4) is 11.5 Å². The second-order valence-corrected chi connectivity index (χ2v) is 7.48. The number of benzene rings is 3. The molecule has 0 saturated heterocycles. The molecule has 3 aromatic rings. The molecule has 0 aliphatic carbocycles. The van der Waals surface area contributed by atoms with Gasteiger partial charge in [0.15, 0.2) is 11.5 Å². The van der Waals surface area contributed by atoms with Crippen LogP contribution in [0.1, 0.15) is 17.2 Å². The van der Waals surface area contributed by atoms with E-state index in [1.54, 1.807) is 43.4 Å². The number of carbonyl (C=O) groups is 1. The summed E-state index contributed by atoms with van der Waals surface area (Å²) in [5.41, 5.74) is 1.46. The van der Waals surface area contributed by atoms with E-state index in [4.69, 9.17) is 14.2 Å². The molecule has 4 rings (SSSR count). The molecular formula is C25H23F2NO4. The summed E-state index contributed by atoms with van der Waals surface area (Å²) in [5, 5.41) is 0. The van der Waals surface area contributed by atoms with Crippen LogP contribution in [0, 0.1) is 11.6 Å². The van der Waals surface area contributed by atoms with Crippen LogP contribution in [0.25, 0.3) is 0 Å². The molecule has 1 unspecified atom stereocenters. The number of nitrogens with zero attached hydrogens (tertiary/aromatic N) is 1. The number of amides is 1. The summed E-state index contributed by atoms with van der Waals surface area (Å²) in [5.74, 6) is 0.225. The summed E-state index contributed by atoms with van der Waals surface area (Å²) in [6, 6.07) is 19.1. The minimum absolute atomic E-state index is 0.134. The number of likely N-dealkylation sites (N-methyl/N-ethyl adjacent to an activating group) is 1. The van der Waals surface area contributed by atoms with Crippen LogP contribution in [0.2, 0.25) is 0 Å². The number of rotatable bonds is 7. The number of para-hydroxylation sites is 2. The molecule has 1 aliphatic heterocycles. The van der Waals surface area contributed by atoms with Crippen molar-refractivity contribution in [1.29, 1.82) is 0 Å². The SMILES string of the molecule is CN(CCOC(c1ccc(F)cc1)c1ccc(F)cc1)C(=O)C1COc2ccccc2O1. The first kappa shape index (κ1) is 21.8. The van der Waals surface area contributed by atoms with E-state index in [0.29, 0.717) is 18.0 Å². The van der Waals surface area contributed by atoms with E-state index in [2.05, 4.69) is 0 Å². The van der Waals surface area contributed by atoms with Crippen molar-refractivity contribution in [3.63, 3.8) is 0 Å². The molecule has 1 heterocycles. The van der Waals surface area contributed by atoms with E-state index in [9.17, 15) is 13.6 Å². The average Bonchev–Trinajstić information content (AvgIpc) is 2.82. The van der Waals surface area contributed by atoms with E-state index in [1.807, 2.05) is 12.1 Å². The van der Waals surface area contributed by atoms with Crippen LogP contribution in [-0.4, -0.2) is 43.7 Å². The minimum atomic E-state index is -0.736. The van der Waals surface area contributed by atoms with Gasteiger partial charge < -0.3 is 19.1 Å². The van der Waals surface area contributed by atoms with Gasteiger partial charge >= 0.3 is 0 Å². The van der Waals surface area contributed by atoms with Gasteiger partial charge in [-0.3, -0.25) is 4.79 Å². The third-order valence-electron chi connectivity index (χ3n) is 5.22. The van der Waals surface area contributed by atoms with Gasteiger partial charge in [-0.1, -0.05) is 36.4 Å². The number of halogens is 2. The van der Waals surface area contributed by atoms with Gasteiger partial charge in [0, 0.05) is 13.6 Å². The van der Waals surface area contributed by atoms with Gasteiger partial charge in [-0.05, 0) is 47.5 Å². The lowest BCUT2D eigenvalue weighted by atomic mass is 10.0. The molecule has 3 aromatic carbocycles. The van der Waals surface area contributed by atoms with Gasteiger partial charge in [0.1, 0.15) is 24.3 Å². The first-order chi connectivity index (χ1) is 15.5. The maximum Gasteiger partial charge on any atom is 0.267 e. The van der Waals surface area contributed by atoms with E-state index >= 15 is 0 Å². The van der Waals surface area contributed by atoms with E-state index in [0.717, 1.165) is 11.1 Å². The maximum atomic E-state index is 13.4. The Kier molecular flexibility index (Phi) is 6.66. The van der Waals surface area contributed by atoms with E-state index in [-0.39, 0.29) is 30.8 Å². The zero-order valence-corrected chi connectivity index (χ0v) is 17.5. The molecule has 0 radical (unpaired) electrons. The molecule has 166 valence electrons. The second kappa shape index (κ2) is 9.78. The zero-order valence-electron chi connectivity index (χ0n) is 17.5. The fraction of sp³-hybridized carbons (Fsp3) is 0.240. The highest BCUT2D eigenvalue weighted by Gasteiger charge is 2.29. The number of fused-ring (bicyclic) bond motifs is 1. The normalized spacial score (nSPS) is 14.9. The lowest BCUT2D eigenvalue weighted by molar-refractivity contribution is -0.140. The Balaban J connectivity index is 1.38. The Morgan fingerprint density at radius 2 is 1.53 bits per heavy atom. The molecular weight excluding hydrogens is 416 g/mol. The maximum absolute atomic E-state index is 13.4. The Bertz CT molecular complexity index is 1010. The van der Waals surface area contributed by atoms with Gasteiger partial charge in [0.25, 0.3) is 5.91 Å². The summed E-state index contributed by atoms with van der Waals surface area (Å²) in [6.45, 7) is 0.653. The number of hydrogen-bond acceptors (Lipinski definition) is 4. The summed E-state index contributed by atoms with van der Waals surface area (Å²) in [7, 11) is 1.67. The molecule has 7 heteroatoms. The third-order valence-corrected chi connectivity index (χ3v) is 5.22. The van der Waals surface area contributed by atoms with Crippen LogP contribution in [-0.2, 0) is 9.53 Å². The Morgan fingerprint density at radius 1 is 0.969 bits per heavy atom. The van der Waals surface area contributed by atoms with Crippen LogP contribution in [0.5, 0.6) is 11.5 Å². The lowest BCUT2D eigenvalue weighted by Crippen LogP contribution is -2.45. The molecule has 1 atom stereocenters. The fourth-order valence-corrected chi connectivity index (χ4v) is 3.46. The van der Waals surface area contributed by atoms with Gasteiger partial charge in [-0.15, -0.1) is 0 Å². The van der Waals surface area contributed by atoms with Gasteiger partial charge in [-0.2, -0.15) is 0 Å². The highest BCUT2D eigenvalue weighted by atomic mass is 19.1. The topological polar surface area (TPSA) is 48.0 Å². The molecule has 0 aromatic heterocycles. The highest BCUT2D eigenvalue weighted by molar-refractivity contribution is 5.81. The van der Waals surface area contributed by atoms with Crippen LogP contribution >= 0.6 is 0 Å². The van der Waals surface area contributed by atoms with Crippen LogP contribution in [0.4, 0.5) is 8.78 Å². The summed E-state index contributed by atoms with van der Waals surface area (Å²) >= 11 is 0. The Morgan fingerprint density at radius 3 is 2.12 bits per heavy atom. The molecule has 32 heavy (non-hydrogen) atoms. The highest BCUT2D eigenvalue weighted by Crippen LogP contribution is 2.31. The van der Waals surface area contributed by atoms with Crippen molar-refractivity contribution < 1.29 is 27.8 Å². The summed E-state index contributed by atoms with van der Waals surface area (Å²) in [6.07, 6.45) is -1.26. The summed E-state index contributed by atoms with van der Waals surface area (Å²) < 4.78 is 44.2. The first-order valence-corrected chi connectivity index (χ1v) is 10.3. The molecule has 5 nitrogen and oxygen atoms in total. The van der Waals surface area contributed by atoms with Crippen molar-refractivity contribution in [1.82, 2.24) is 4.90 Å². The van der Waals surface area contributed by atoms with Gasteiger partial charge in [-0.25, -0.2) is 8.78 Å². The van der Waals surface area contributed by atoms with Crippen molar-refractivity contribution in [3.05, 3.63) is 95.6 Å². The number of carbonyl (C=O) groups excluding carboxylic acids is 1. The number of ether oxygens (including phenoxy) is 3. The molecule has 0 N–H and O–H groups in total. The second-order valence-electron chi connectivity index (χ2n) is 7.48. The predicted molar refractivity (Wildman–Crippen MR) is 115 cm³/mol. The molecule has 0 saturated carbocycles. The van der Waals surface area contributed by atoms with E-state index in [1.165, 1.54) is 29.2 Å². The average molecular weight is 439 g/mol. The van der Waals surface area contributed by atoms with Crippen molar-refractivity contribution >= 4 is 5.91 Å². The monoisotopic (exact) mass is 439 g/mol. The standard InChI is InChI=1S/C25H23F2NO4/c1-28(25(29)23-16-31-21-4-2-3-5-22(21)32-23)14-15-30-24(17-6-10-19(26)11-7-17)18-8-12-20(27)13-9-18/h2-13,23-24H,14-16H2,1H3. The third kappa shape index (κ3) is 5.06. The molecule has 0 bridgehead atoms. The van der Waals surface area contributed by atoms with Crippen LogP contribution < -0.4 is 9.47 Å². The smallest absolute Gasteiger partial charge is 0.267 e. The Hall–Kier alpha value is -3.45. The van der Waals surface area contributed by atoms with Crippen molar-refractivity contribution in [2.75, 3.05) is 26.8 Å². The molecule has 1 amide bonds. The van der Waals surface area contributed by atoms with Gasteiger partial charge in [0.05, 0.1) is 6.61 Å². The largest absolute Gasteiger partial charge is 0.485 e. The molecule has 0 spiro atoms. The van der Waals surface area contributed by atoms with Crippen molar-refractivity contribution in [2.45, 2.75) is 12.2 Å². The zero-order chi connectivity index (χ0) is 22.5. The lowest BCUT2D eigenvalue weighted by Gasteiger charge is -2.29. The van der Waals surface area contributed by atoms with Crippen LogP contribution in [0.3, 0.4) is 0 Å². The predicted octanol–water partition coefficient (Wildman–Crippen LogP) is 4.37. The number of hydrogen-bond donors (Lipinski definition) is 0. The quantitative estimate of drug-likeness (QED) is 0.549. The Labute approximate surface area is 185 Å². The first-order valence-electron chi connectivity index (χ1n) is 10.3. The van der Waals surface area contributed by atoms with E-state index < -0.39 is 12.2 Å². The molecule has 1 aliphatic rings. The van der Waals surface area contributed by atoms with Crippen LogP contribution in [0.15, 0.2) is 72.8 Å². The van der Waals surface area contributed by atoms with Gasteiger partial charge in [0.2, 0.25) is 6.10 Å². The van der Waals surface area contributed by atoms with Crippen molar-refractivity contribution in [2.24, 2.45) is 0 Å². The minimum Gasteiger partial charge on any atom is -0.485 e.